The van der Waals surface area contributed by atoms with Crippen molar-refractivity contribution in [3.63, 3.8) is 0 Å². The van der Waals surface area contributed by atoms with Crippen molar-refractivity contribution in [1.82, 2.24) is 14.3 Å². The molecule has 0 bridgehead atoms. The molecule has 2 aliphatic rings. The van der Waals surface area contributed by atoms with Crippen LogP contribution in [0.3, 0.4) is 0 Å². The molecule has 2 N–H and O–H groups in total. The third kappa shape index (κ3) is 3.93. The van der Waals surface area contributed by atoms with Crippen molar-refractivity contribution in [1.29, 1.82) is 0 Å². The molecule has 1 atom stereocenters. The maximum absolute atomic E-state index is 13.4. The summed E-state index contributed by atoms with van der Waals surface area (Å²) in [7, 11) is 0. The van der Waals surface area contributed by atoms with Crippen LogP contribution in [-0.4, -0.2) is 32.5 Å². The number of anilines is 1. The van der Waals surface area contributed by atoms with Gasteiger partial charge in [0.2, 0.25) is 11.9 Å². The molecule has 1 aliphatic heterocycles. The number of benzene rings is 3. The number of aromatic nitrogens is 3. The van der Waals surface area contributed by atoms with E-state index < -0.39 is 17.0 Å². The van der Waals surface area contributed by atoms with Gasteiger partial charge < -0.3 is 5.73 Å². The van der Waals surface area contributed by atoms with Crippen LogP contribution in [0.1, 0.15) is 23.1 Å². The van der Waals surface area contributed by atoms with Crippen LogP contribution in [0, 0.1) is 0 Å². The number of hydrazone groups is 1. The number of nitrogens with zero attached hydrogens (tertiary/aromatic N) is 5. The summed E-state index contributed by atoms with van der Waals surface area (Å²) in [6, 6.07) is 22.7. The minimum Gasteiger partial charge on any atom is -0.368 e. The van der Waals surface area contributed by atoms with Crippen molar-refractivity contribution in [2.45, 2.75) is 24.8 Å². The summed E-state index contributed by atoms with van der Waals surface area (Å²) in [4.78, 5) is 25.4. The molecule has 3 aromatic carbocycles. The molecule has 10 heteroatoms. The normalized spacial score (nSPS) is 18.3. The van der Waals surface area contributed by atoms with Gasteiger partial charge in [-0.15, -0.1) is 5.10 Å². The van der Waals surface area contributed by atoms with Gasteiger partial charge in [0.15, 0.2) is 0 Å². The minimum atomic E-state index is -0.652. The standard InChI is InChI=1S/C27H22Cl2N6O2/c28-19-7-5-18(6-8-19)24-27(14-13-17-3-1-2-4-22(17)27)16-34(31-24)25-32-35(21-11-9-20(29)10-12-21)26(37)33(25)15-23(30)36/h1-12H,13-16H2,(H2,30,36)/t27-/m0/s1. The Labute approximate surface area is 222 Å². The fraction of sp³-hybridized carbons (Fsp3) is 0.185. The summed E-state index contributed by atoms with van der Waals surface area (Å²) in [6.07, 6.45) is 1.76. The van der Waals surface area contributed by atoms with Crippen LogP contribution in [0.2, 0.25) is 10.0 Å². The number of primary amides is 1. The highest BCUT2D eigenvalue weighted by molar-refractivity contribution is 6.31. The van der Waals surface area contributed by atoms with Gasteiger partial charge in [-0.1, -0.05) is 59.6 Å². The summed E-state index contributed by atoms with van der Waals surface area (Å²) < 4.78 is 2.50. The smallest absolute Gasteiger partial charge is 0.352 e. The van der Waals surface area contributed by atoms with Crippen molar-refractivity contribution in [2.24, 2.45) is 10.8 Å². The van der Waals surface area contributed by atoms with Crippen molar-refractivity contribution in [2.75, 3.05) is 11.6 Å². The zero-order valence-electron chi connectivity index (χ0n) is 19.6. The number of nitrogens with two attached hydrogens (primary N) is 1. The third-order valence-corrected chi connectivity index (χ3v) is 7.53. The Balaban J connectivity index is 1.52. The predicted octanol–water partition coefficient (Wildman–Crippen LogP) is 3.93. The van der Waals surface area contributed by atoms with Crippen LogP contribution in [0.5, 0.6) is 0 Å². The van der Waals surface area contributed by atoms with E-state index in [1.165, 1.54) is 20.4 Å². The van der Waals surface area contributed by atoms with Gasteiger partial charge in [-0.2, -0.15) is 9.78 Å². The Morgan fingerprint density at radius 2 is 1.65 bits per heavy atom. The molecule has 1 amide bonds. The second-order valence-electron chi connectivity index (χ2n) is 9.28. The number of rotatable bonds is 5. The third-order valence-electron chi connectivity index (χ3n) is 7.02. The molecule has 1 aliphatic carbocycles. The fourth-order valence-corrected chi connectivity index (χ4v) is 5.61. The van der Waals surface area contributed by atoms with E-state index in [0.717, 1.165) is 24.1 Å². The summed E-state index contributed by atoms with van der Waals surface area (Å²) in [5.41, 5.74) is 9.40. The quantitative estimate of drug-likeness (QED) is 0.420. The van der Waals surface area contributed by atoms with Crippen LogP contribution in [0.4, 0.5) is 5.95 Å². The first-order valence-corrected chi connectivity index (χ1v) is 12.6. The molecule has 2 heterocycles. The molecule has 0 saturated heterocycles. The maximum atomic E-state index is 13.4. The van der Waals surface area contributed by atoms with E-state index in [1.807, 2.05) is 36.4 Å². The van der Waals surface area contributed by atoms with Gasteiger partial charge in [0, 0.05) is 10.0 Å². The van der Waals surface area contributed by atoms with Gasteiger partial charge in [0.25, 0.3) is 0 Å². The number of fused-ring (bicyclic) bond motifs is 2. The van der Waals surface area contributed by atoms with Gasteiger partial charge in [-0.3, -0.25) is 4.79 Å². The van der Waals surface area contributed by atoms with E-state index in [2.05, 4.69) is 17.2 Å². The lowest BCUT2D eigenvalue weighted by atomic mass is 9.75. The lowest BCUT2D eigenvalue weighted by molar-refractivity contribution is -0.118. The SMILES string of the molecule is NC(=O)Cn1c(N2C[C@]3(CCc4ccccc43)C(c3ccc(Cl)cc3)=N2)nn(-c2ccc(Cl)cc2)c1=O. The first-order valence-electron chi connectivity index (χ1n) is 11.8. The minimum absolute atomic E-state index is 0.242. The zero-order valence-corrected chi connectivity index (χ0v) is 21.2. The Hall–Kier alpha value is -3.88. The summed E-state index contributed by atoms with van der Waals surface area (Å²) >= 11 is 12.2. The Morgan fingerprint density at radius 1 is 0.973 bits per heavy atom. The Bertz CT molecular complexity index is 1610. The van der Waals surface area contributed by atoms with Crippen LogP contribution >= 0.6 is 23.2 Å². The molecular formula is C27H22Cl2N6O2. The zero-order chi connectivity index (χ0) is 25.7. The number of hydrogen-bond donors (Lipinski definition) is 1. The number of aryl methyl sites for hydroxylation is 1. The monoisotopic (exact) mass is 532 g/mol. The van der Waals surface area contributed by atoms with E-state index in [1.54, 1.807) is 29.3 Å². The van der Waals surface area contributed by atoms with E-state index in [-0.39, 0.29) is 12.5 Å². The number of halogens is 2. The molecule has 6 rings (SSSR count). The van der Waals surface area contributed by atoms with Crippen molar-refractivity contribution in [3.8, 4) is 5.69 Å². The first-order chi connectivity index (χ1) is 17.9. The van der Waals surface area contributed by atoms with E-state index in [9.17, 15) is 9.59 Å². The number of carbonyl (C=O) groups excluding carboxylic acids is 1. The summed E-state index contributed by atoms with van der Waals surface area (Å²) in [6.45, 7) is 0.130. The number of hydrogen-bond acceptors (Lipinski definition) is 5. The molecule has 1 spiro atoms. The number of amides is 1. The highest BCUT2D eigenvalue weighted by Crippen LogP contribution is 2.46. The fourth-order valence-electron chi connectivity index (χ4n) is 5.36. The van der Waals surface area contributed by atoms with Gasteiger partial charge >= 0.3 is 5.69 Å². The highest BCUT2D eigenvalue weighted by atomic mass is 35.5. The average molecular weight is 533 g/mol. The van der Waals surface area contributed by atoms with Gasteiger partial charge in [0.05, 0.1) is 23.4 Å². The van der Waals surface area contributed by atoms with Crippen LogP contribution < -0.4 is 16.4 Å². The van der Waals surface area contributed by atoms with Crippen molar-refractivity contribution >= 4 is 40.8 Å². The van der Waals surface area contributed by atoms with Crippen molar-refractivity contribution < 1.29 is 4.79 Å². The highest BCUT2D eigenvalue weighted by Gasteiger charge is 2.49. The Kier molecular flexibility index (Phi) is 5.66. The molecule has 0 unspecified atom stereocenters. The molecule has 4 aromatic rings. The Morgan fingerprint density at radius 3 is 2.35 bits per heavy atom. The predicted molar refractivity (Wildman–Crippen MR) is 144 cm³/mol. The molecular weight excluding hydrogens is 511 g/mol. The summed E-state index contributed by atoms with van der Waals surface area (Å²) in [5, 5.41) is 12.5. The second-order valence-corrected chi connectivity index (χ2v) is 10.1. The lowest BCUT2D eigenvalue weighted by Crippen LogP contribution is -2.38. The lowest BCUT2D eigenvalue weighted by Gasteiger charge is -2.27. The first kappa shape index (κ1) is 23.5. The molecule has 8 nitrogen and oxygen atoms in total. The topological polar surface area (TPSA) is 98.5 Å². The second kappa shape index (κ2) is 8.90. The maximum Gasteiger partial charge on any atom is 0.352 e. The van der Waals surface area contributed by atoms with Crippen LogP contribution in [-0.2, 0) is 23.2 Å². The van der Waals surface area contributed by atoms with E-state index >= 15 is 0 Å². The molecule has 0 saturated carbocycles. The molecule has 186 valence electrons. The average Bonchev–Trinajstić information content (AvgIpc) is 3.55. The molecule has 37 heavy (non-hydrogen) atoms. The summed E-state index contributed by atoms with van der Waals surface area (Å²) in [5.74, 6) is -0.410. The van der Waals surface area contributed by atoms with E-state index in [0.29, 0.717) is 22.3 Å². The van der Waals surface area contributed by atoms with Crippen molar-refractivity contribution in [3.05, 3.63) is 110 Å². The van der Waals surface area contributed by atoms with Gasteiger partial charge in [-0.05, 0) is 65.9 Å². The molecule has 0 radical (unpaired) electrons. The van der Waals surface area contributed by atoms with Crippen LogP contribution in [0.15, 0.2) is 82.7 Å². The van der Waals surface area contributed by atoms with Gasteiger partial charge in [0.1, 0.15) is 6.54 Å². The van der Waals surface area contributed by atoms with E-state index in [4.69, 9.17) is 34.0 Å². The van der Waals surface area contributed by atoms with Crippen LogP contribution in [0.25, 0.3) is 5.69 Å². The molecule has 0 fully saturated rings. The molecule has 1 aromatic heterocycles. The van der Waals surface area contributed by atoms with Gasteiger partial charge in [-0.25, -0.2) is 14.4 Å². The number of carbonyl (C=O) groups is 1. The largest absolute Gasteiger partial charge is 0.368 e.